The summed E-state index contributed by atoms with van der Waals surface area (Å²) in [7, 11) is 1.61. The third kappa shape index (κ3) is 6.45. The molecule has 0 aliphatic rings. The van der Waals surface area contributed by atoms with Crippen molar-refractivity contribution in [2.45, 2.75) is 25.1 Å². The number of hydrogen-bond donors (Lipinski definition) is 4. The lowest BCUT2D eigenvalue weighted by atomic mass is 10.0. The highest BCUT2D eigenvalue weighted by Gasteiger charge is 2.21. The molecule has 6 heteroatoms. The van der Waals surface area contributed by atoms with Gasteiger partial charge in [-0.15, -0.1) is 0 Å². The van der Waals surface area contributed by atoms with Crippen LogP contribution in [0.25, 0.3) is 0 Å². The van der Waals surface area contributed by atoms with Crippen LogP contribution in [0.1, 0.15) is 11.1 Å². The molecule has 2 aromatic rings. The van der Waals surface area contributed by atoms with E-state index in [0.29, 0.717) is 13.0 Å². The smallest absolute Gasteiger partial charge is 0.404 e. The van der Waals surface area contributed by atoms with Gasteiger partial charge in [-0.05, 0) is 29.7 Å². The third-order valence-corrected chi connectivity index (χ3v) is 3.89. The third-order valence-electron chi connectivity index (χ3n) is 3.89. The number of ether oxygens (including phenoxy) is 1. The number of rotatable bonds is 9. The zero-order valence-corrected chi connectivity index (χ0v) is 14.2. The first kappa shape index (κ1) is 18.8. The molecular formula is C19H24N2O4. The Morgan fingerprint density at radius 3 is 2.52 bits per heavy atom. The fourth-order valence-electron chi connectivity index (χ4n) is 2.60. The second kappa shape index (κ2) is 9.66. The molecule has 2 aromatic carbocycles. The van der Waals surface area contributed by atoms with Crippen LogP contribution in [0, 0.1) is 0 Å². The van der Waals surface area contributed by atoms with Crippen molar-refractivity contribution in [2.75, 3.05) is 13.7 Å². The molecule has 134 valence electrons. The second-order valence-corrected chi connectivity index (χ2v) is 5.80. The number of carbonyl (C=O) groups is 1. The monoisotopic (exact) mass is 344 g/mol. The summed E-state index contributed by atoms with van der Waals surface area (Å²) in [5.41, 5.74) is 1.99. The van der Waals surface area contributed by atoms with Gasteiger partial charge in [0.25, 0.3) is 0 Å². The molecule has 1 amide bonds. The van der Waals surface area contributed by atoms with Crippen LogP contribution < -0.4 is 15.4 Å². The van der Waals surface area contributed by atoms with Crippen LogP contribution in [0.4, 0.5) is 4.79 Å². The SMILES string of the molecule is COc1cccc(CNC[C@H](O)[C@H](Cc2ccccc2)NC(=O)O)c1. The van der Waals surface area contributed by atoms with Crippen LogP contribution in [0.3, 0.4) is 0 Å². The van der Waals surface area contributed by atoms with Gasteiger partial charge in [-0.25, -0.2) is 4.79 Å². The van der Waals surface area contributed by atoms with Gasteiger partial charge in [0, 0.05) is 13.1 Å². The molecule has 25 heavy (non-hydrogen) atoms. The standard InChI is InChI=1S/C19H24N2O4/c1-25-16-9-5-8-15(10-16)12-20-13-18(22)17(21-19(23)24)11-14-6-3-2-4-7-14/h2-10,17-18,20-22H,11-13H2,1H3,(H,23,24)/t17-,18-/m0/s1. The Morgan fingerprint density at radius 2 is 1.84 bits per heavy atom. The van der Waals surface area contributed by atoms with Gasteiger partial charge in [0.15, 0.2) is 0 Å². The van der Waals surface area contributed by atoms with Crippen molar-refractivity contribution in [1.29, 1.82) is 0 Å². The Morgan fingerprint density at radius 1 is 1.12 bits per heavy atom. The van der Waals surface area contributed by atoms with E-state index in [2.05, 4.69) is 10.6 Å². The van der Waals surface area contributed by atoms with Crippen molar-refractivity contribution >= 4 is 6.09 Å². The Balaban J connectivity index is 1.89. The van der Waals surface area contributed by atoms with E-state index in [0.717, 1.165) is 16.9 Å². The van der Waals surface area contributed by atoms with E-state index < -0.39 is 18.2 Å². The summed E-state index contributed by atoms with van der Waals surface area (Å²) in [6.45, 7) is 0.828. The maximum atomic E-state index is 11.0. The van der Waals surface area contributed by atoms with Crippen LogP contribution in [-0.2, 0) is 13.0 Å². The van der Waals surface area contributed by atoms with E-state index >= 15 is 0 Å². The Bertz CT molecular complexity index is 663. The zero-order valence-electron chi connectivity index (χ0n) is 14.2. The molecule has 0 aliphatic heterocycles. The minimum Gasteiger partial charge on any atom is -0.497 e. The molecule has 0 bridgehead atoms. The normalized spacial score (nSPS) is 13.0. The van der Waals surface area contributed by atoms with Crippen LogP contribution >= 0.6 is 0 Å². The molecule has 0 saturated heterocycles. The number of hydrogen-bond acceptors (Lipinski definition) is 4. The molecule has 0 radical (unpaired) electrons. The van der Waals surface area contributed by atoms with Gasteiger partial charge in [-0.2, -0.15) is 0 Å². The number of methoxy groups -OCH3 is 1. The number of nitrogens with one attached hydrogen (secondary N) is 2. The molecule has 0 fully saturated rings. The van der Waals surface area contributed by atoms with E-state index in [4.69, 9.17) is 9.84 Å². The largest absolute Gasteiger partial charge is 0.497 e. The van der Waals surface area contributed by atoms with Crippen LogP contribution in [0.5, 0.6) is 5.75 Å². The van der Waals surface area contributed by atoms with E-state index in [9.17, 15) is 9.90 Å². The molecule has 0 aliphatic carbocycles. The Labute approximate surface area is 147 Å². The number of aliphatic hydroxyl groups is 1. The minimum absolute atomic E-state index is 0.273. The summed E-state index contributed by atoms with van der Waals surface area (Å²) in [6.07, 6.45) is -1.57. The lowest BCUT2D eigenvalue weighted by Gasteiger charge is -2.23. The summed E-state index contributed by atoms with van der Waals surface area (Å²) >= 11 is 0. The average molecular weight is 344 g/mol. The summed E-state index contributed by atoms with van der Waals surface area (Å²) in [4.78, 5) is 11.0. The van der Waals surface area contributed by atoms with E-state index in [1.807, 2.05) is 54.6 Å². The van der Waals surface area contributed by atoms with Crippen LogP contribution in [0.2, 0.25) is 0 Å². The highest BCUT2D eigenvalue weighted by Crippen LogP contribution is 2.12. The molecule has 0 unspecified atom stereocenters. The average Bonchev–Trinajstić information content (AvgIpc) is 2.62. The molecule has 4 N–H and O–H groups in total. The van der Waals surface area contributed by atoms with Crippen LogP contribution in [-0.4, -0.2) is 42.1 Å². The summed E-state index contributed by atoms with van der Waals surface area (Å²) in [5.74, 6) is 0.773. The fraction of sp³-hybridized carbons (Fsp3) is 0.316. The van der Waals surface area contributed by atoms with E-state index in [1.165, 1.54) is 0 Å². The minimum atomic E-state index is -1.15. The van der Waals surface area contributed by atoms with Gasteiger partial charge >= 0.3 is 6.09 Å². The number of benzene rings is 2. The first-order chi connectivity index (χ1) is 12.1. The summed E-state index contributed by atoms with van der Waals surface area (Å²) < 4.78 is 5.18. The van der Waals surface area contributed by atoms with Crippen LogP contribution in [0.15, 0.2) is 54.6 Å². The Hall–Kier alpha value is -2.57. The second-order valence-electron chi connectivity index (χ2n) is 5.80. The molecule has 0 aromatic heterocycles. The first-order valence-corrected chi connectivity index (χ1v) is 8.13. The van der Waals surface area contributed by atoms with Gasteiger partial charge in [0.05, 0.1) is 19.3 Å². The van der Waals surface area contributed by atoms with E-state index in [-0.39, 0.29) is 6.54 Å². The molecule has 0 saturated carbocycles. The van der Waals surface area contributed by atoms with Gasteiger partial charge in [0.2, 0.25) is 0 Å². The van der Waals surface area contributed by atoms with Gasteiger partial charge in [0.1, 0.15) is 5.75 Å². The van der Waals surface area contributed by atoms with Crippen molar-refractivity contribution in [3.63, 3.8) is 0 Å². The summed E-state index contributed by atoms with van der Waals surface area (Å²) in [5, 5.41) is 25.0. The van der Waals surface area contributed by atoms with Crippen molar-refractivity contribution in [3.05, 3.63) is 65.7 Å². The maximum Gasteiger partial charge on any atom is 0.404 e. The lowest BCUT2D eigenvalue weighted by molar-refractivity contribution is 0.117. The maximum absolute atomic E-state index is 11.0. The summed E-state index contributed by atoms with van der Waals surface area (Å²) in [6, 6.07) is 16.5. The van der Waals surface area contributed by atoms with Gasteiger partial charge in [-0.3, -0.25) is 0 Å². The zero-order chi connectivity index (χ0) is 18.1. The fourth-order valence-corrected chi connectivity index (χ4v) is 2.60. The number of aliphatic hydroxyl groups excluding tert-OH is 1. The first-order valence-electron chi connectivity index (χ1n) is 8.13. The van der Waals surface area contributed by atoms with Crippen molar-refractivity contribution in [3.8, 4) is 5.75 Å². The lowest BCUT2D eigenvalue weighted by Crippen LogP contribution is -2.48. The Kier molecular flexibility index (Phi) is 7.25. The molecule has 2 rings (SSSR count). The van der Waals surface area contributed by atoms with E-state index in [1.54, 1.807) is 7.11 Å². The topological polar surface area (TPSA) is 90.8 Å². The quantitative estimate of drug-likeness (QED) is 0.559. The number of carboxylic acid groups (broad SMARTS) is 1. The van der Waals surface area contributed by atoms with Crippen molar-refractivity contribution < 1.29 is 19.7 Å². The molecule has 2 atom stereocenters. The highest BCUT2D eigenvalue weighted by atomic mass is 16.5. The van der Waals surface area contributed by atoms with Crippen molar-refractivity contribution in [1.82, 2.24) is 10.6 Å². The van der Waals surface area contributed by atoms with Crippen molar-refractivity contribution in [2.24, 2.45) is 0 Å². The van der Waals surface area contributed by atoms with Gasteiger partial charge < -0.3 is 25.6 Å². The predicted molar refractivity (Wildman–Crippen MR) is 95.8 cm³/mol. The molecule has 0 spiro atoms. The molecule has 0 heterocycles. The highest BCUT2D eigenvalue weighted by molar-refractivity contribution is 5.65. The molecular weight excluding hydrogens is 320 g/mol. The predicted octanol–water partition coefficient (Wildman–Crippen LogP) is 2.02. The molecule has 6 nitrogen and oxygen atoms in total. The van der Waals surface area contributed by atoms with Gasteiger partial charge in [-0.1, -0.05) is 42.5 Å². The number of amides is 1.